The van der Waals surface area contributed by atoms with E-state index < -0.39 is 0 Å². The number of urea groups is 1. The summed E-state index contributed by atoms with van der Waals surface area (Å²) in [6, 6.07) is 5.00. The Hall–Kier alpha value is -2.24. The largest absolute Gasteiger partial charge is 0.481 e. The number of carbonyl (C=O) groups is 2. The molecule has 0 aliphatic carbocycles. The third-order valence-corrected chi connectivity index (χ3v) is 2.84. The van der Waals surface area contributed by atoms with Gasteiger partial charge in [-0.3, -0.25) is 4.79 Å². The molecule has 0 fully saturated rings. The van der Waals surface area contributed by atoms with Crippen LogP contribution in [0.4, 0.5) is 16.2 Å². The zero-order valence-electron chi connectivity index (χ0n) is 11.0. The van der Waals surface area contributed by atoms with Gasteiger partial charge in [-0.2, -0.15) is 0 Å². The van der Waals surface area contributed by atoms with Gasteiger partial charge in [0, 0.05) is 13.6 Å². The van der Waals surface area contributed by atoms with Gasteiger partial charge in [0.25, 0.3) is 5.91 Å². The number of anilines is 2. The van der Waals surface area contributed by atoms with Crippen LogP contribution in [0.2, 0.25) is 0 Å². The number of likely N-dealkylation sites (N-methyl/N-ethyl adjacent to an activating group) is 1. The summed E-state index contributed by atoms with van der Waals surface area (Å²) < 4.78 is 5.35. The number of fused-ring (bicyclic) bond motifs is 1. The van der Waals surface area contributed by atoms with E-state index >= 15 is 0 Å². The highest BCUT2D eigenvalue weighted by atomic mass is 16.5. The normalized spacial score (nSPS) is 13.6. The zero-order valence-corrected chi connectivity index (χ0v) is 11.0. The lowest BCUT2D eigenvalue weighted by atomic mass is 10.2. The van der Waals surface area contributed by atoms with Gasteiger partial charge in [-0.15, -0.1) is 0 Å². The fourth-order valence-electron chi connectivity index (χ4n) is 1.85. The summed E-state index contributed by atoms with van der Waals surface area (Å²) in [7, 11) is 1.67. The Morgan fingerprint density at radius 1 is 1.47 bits per heavy atom. The minimum Gasteiger partial charge on any atom is -0.481 e. The molecule has 0 unspecified atom stereocenters. The van der Waals surface area contributed by atoms with Gasteiger partial charge < -0.3 is 20.3 Å². The molecule has 102 valence electrons. The van der Waals surface area contributed by atoms with Crippen LogP contribution in [0.15, 0.2) is 18.2 Å². The van der Waals surface area contributed by atoms with Crippen LogP contribution in [0.1, 0.15) is 13.3 Å². The van der Waals surface area contributed by atoms with E-state index in [-0.39, 0.29) is 18.5 Å². The molecule has 0 saturated carbocycles. The number of para-hydroxylation sites is 1. The van der Waals surface area contributed by atoms with Crippen molar-refractivity contribution in [2.75, 3.05) is 30.4 Å². The van der Waals surface area contributed by atoms with Crippen molar-refractivity contribution in [2.24, 2.45) is 0 Å². The van der Waals surface area contributed by atoms with E-state index in [2.05, 4.69) is 10.6 Å². The molecule has 1 aliphatic heterocycles. The van der Waals surface area contributed by atoms with E-state index in [1.165, 1.54) is 4.90 Å². The van der Waals surface area contributed by atoms with Crippen molar-refractivity contribution in [3.63, 3.8) is 0 Å². The summed E-state index contributed by atoms with van der Waals surface area (Å²) in [5.41, 5.74) is 1.15. The van der Waals surface area contributed by atoms with Gasteiger partial charge in [-0.25, -0.2) is 4.79 Å². The van der Waals surface area contributed by atoms with Crippen LogP contribution >= 0.6 is 0 Å². The highest BCUT2D eigenvalue weighted by Gasteiger charge is 2.25. The van der Waals surface area contributed by atoms with Gasteiger partial charge in [0.1, 0.15) is 11.4 Å². The number of rotatable bonds is 3. The molecule has 0 radical (unpaired) electrons. The summed E-state index contributed by atoms with van der Waals surface area (Å²) >= 11 is 0. The van der Waals surface area contributed by atoms with Gasteiger partial charge in [0.05, 0.1) is 5.69 Å². The Bertz CT molecular complexity index is 502. The first-order valence-corrected chi connectivity index (χ1v) is 6.20. The SMILES string of the molecule is CCCNC(=O)Nc1cccc2c1N(C)C(=O)CO2. The average molecular weight is 263 g/mol. The number of hydrogen-bond donors (Lipinski definition) is 2. The van der Waals surface area contributed by atoms with Gasteiger partial charge in [-0.1, -0.05) is 13.0 Å². The number of nitrogens with zero attached hydrogens (tertiary/aromatic N) is 1. The number of carbonyl (C=O) groups excluding carboxylic acids is 2. The van der Waals surface area contributed by atoms with Crippen LogP contribution in [-0.2, 0) is 4.79 Å². The summed E-state index contributed by atoms with van der Waals surface area (Å²) in [5.74, 6) is 0.450. The number of nitrogens with one attached hydrogen (secondary N) is 2. The van der Waals surface area contributed by atoms with Crippen molar-refractivity contribution in [1.29, 1.82) is 0 Å². The van der Waals surface area contributed by atoms with Gasteiger partial charge in [-0.05, 0) is 18.6 Å². The van der Waals surface area contributed by atoms with E-state index in [4.69, 9.17) is 4.74 Å². The van der Waals surface area contributed by atoms with Crippen molar-refractivity contribution in [1.82, 2.24) is 5.32 Å². The highest BCUT2D eigenvalue weighted by molar-refractivity contribution is 6.04. The smallest absolute Gasteiger partial charge is 0.319 e. The third kappa shape index (κ3) is 2.78. The zero-order chi connectivity index (χ0) is 13.8. The maximum Gasteiger partial charge on any atom is 0.319 e. The van der Waals surface area contributed by atoms with E-state index in [0.29, 0.717) is 23.7 Å². The molecule has 19 heavy (non-hydrogen) atoms. The van der Waals surface area contributed by atoms with Crippen molar-refractivity contribution < 1.29 is 14.3 Å². The first kappa shape index (κ1) is 13.2. The predicted octanol–water partition coefficient (Wildman–Crippen LogP) is 1.57. The van der Waals surface area contributed by atoms with E-state index in [1.807, 2.05) is 6.92 Å². The summed E-state index contributed by atoms with van der Waals surface area (Å²) in [6.45, 7) is 2.60. The van der Waals surface area contributed by atoms with Crippen LogP contribution in [-0.4, -0.2) is 32.1 Å². The summed E-state index contributed by atoms with van der Waals surface area (Å²) in [4.78, 5) is 24.8. The van der Waals surface area contributed by atoms with Gasteiger partial charge in [0.2, 0.25) is 0 Å². The molecular formula is C13H17N3O3. The van der Waals surface area contributed by atoms with Crippen LogP contribution in [0.3, 0.4) is 0 Å². The number of benzene rings is 1. The van der Waals surface area contributed by atoms with Gasteiger partial charge >= 0.3 is 6.03 Å². The maximum absolute atomic E-state index is 11.7. The molecule has 2 rings (SSSR count). The van der Waals surface area contributed by atoms with Crippen molar-refractivity contribution in [3.8, 4) is 5.75 Å². The first-order valence-electron chi connectivity index (χ1n) is 6.20. The number of ether oxygens (including phenoxy) is 1. The molecule has 0 bridgehead atoms. The van der Waals surface area contributed by atoms with Crippen molar-refractivity contribution in [2.45, 2.75) is 13.3 Å². The van der Waals surface area contributed by atoms with Crippen LogP contribution in [0, 0.1) is 0 Å². The number of hydrogen-bond acceptors (Lipinski definition) is 3. The fourth-order valence-corrected chi connectivity index (χ4v) is 1.85. The Morgan fingerprint density at radius 2 is 2.26 bits per heavy atom. The standard InChI is InChI=1S/C13H17N3O3/c1-3-7-14-13(18)15-9-5-4-6-10-12(9)16(2)11(17)8-19-10/h4-6H,3,7-8H2,1-2H3,(H2,14,15,18). The molecule has 0 atom stereocenters. The van der Waals surface area contributed by atoms with Crippen molar-refractivity contribution in [3.05, 3.63) is 18.2 Å². The van der Waals surface area contributed by atoms with E-state index in [1.54, 1.807) is 25.2 Å². The van der Waals surface area contributed by atoms with Crippen LogP contribution < -0.4 is 20.3 Å². The maximum atomic E-state index is 11.7. The van der Waals surface area contributed by atoms with Crippen molar-refractivity contribution >= 4 is 23.3 Å². The molecule has 6 nitrogen and oxygen atoms in total. The predicted molar refractivity (Wildman–Crippen MR) is 72.7 cm³/mol. The van der Waals surface area contributed by atoms with Crippen LogP contribution in [0.5, 0.6) is 5.75 Å². The number of amides is 3. The highest BCUT2D eigenvalue weighted by Crippen LogP contribution is 2.37. The molecular weight excluding hydrogens is 246 g/mol. The first-order chi connectivity index (χ1) is 9.13. The average Bonchev–Trinajstić information content (AvgIpc) is 2.41. The molecule has 0 aromatic heterocycles. The summed E-state index contributed by atoms with van der Waals surface area (Å²) in [5, 5.41) is 5.45. The second kappa shape index (κ2) is 5.60. The second-order valence-electron chi connectivity index (χ2n) is 4.27. The van der Waals surface area contributed by atoms with E-state index in [9.17, 15) is 9.59 Å². The monoisotopic (exact) mass is 263 g/mol. The minimum absolute atomic E-state index is 0.0228. The molecule has 1 aromatic carbocycles. The molecule has 2 N–H and O–H groups in total. The Labute approximate surface area is 111 Å². The molecule has 3 amide bonds. The molecule has 1 aliphatic rings. The third-order valence-electron chi connectivity index (χ3n) is 2.84. The Morgan fingerprint density at radius 3 is 3.00 bits per heavy atom. The topological polar surface area (TPSA) is 70.7 Å². The lowest BCUT2D eigenvalue weighted by molar-refractivity contribution is -0.120. The molecule has 6 heteroatoms. The Balaban J connectivity index is 2.22. The van der Waals surface area contributed by atoms with E-state index in [0.717, 1.165) is 6.42 Å². The molecule has 0 saturated heterocycles. The van der Waals surface area contributed by atoms with Crippen LogP contribution in [0.25, 0.3) is 0 Å². The molecule has 0 spiro atoms. The Kier molecular flexibility index (Phi) is 3.89. The lowest BCUT2D eigenvalue weighted by Gasteiger charge is -2.28. The quantitative estimate of drug-likeness (QED) is 0.869. The fraction of sp³-hybridized carbons (Fsp3) is 0.385. The molecule has 1 heterocycles. The molecule has 1 aromatic rings. The summed E-state index contributed by atoms with van der Waals surface area (Å²) in [6.07, 6.45) is 0.863. The minimum atomic E-state index is -0.290. The van der Waals surface area contributed by atoms with Gasteiger partial charge in [0.15, 0.2) is 6.61 Å². The second-order valence-corrected chi connectivity index (χ2v) is 4.27. The lowest BCUT2D eigenvalue weighted by Crippen LogP contribution is -2.37.